The SMILES string of the molecule is CCNC(c1cc(Br)cc(Br)c1)c1cc(Br)sc1C. The van der Waals surface area contributed by atoms with Gasteiger partial charge in [0.2, 0.25) is 0 Å². The second kappa shape index (κ2) is 6.85. The van der Waals surface area contributed by atoms with Gasteiger partial charge in [-0.2, -0.15) is 0 Å². The molecule has 0 spiro atoms. The standard InChI is InChI=1S/C14H14Br3NS/c1-3-18-14(12-7-13(17)19-8(12)2)9-4-10(15)6-11(16)5-9/h4-7,14,18H,3H2,1-2H3. The predicted molar refractivity (Wildman–Crippen MR) is 94.1 cm³/mol. The highest BCUT2D eigenvalue weighted by Crippen LogP contribution is 2.35. The lowest BCUT2D eigenvalue weighted by Gasteiger charge is -2.19. The molecule has 1 aromatic carbocycles. The molecule has 0 fully saturated rings. The minimum Gasteiger partial charge on any atom is -0.306 e. The van der Waals surface area contributed by atoms with Crippen LogP contribution in [0.3, 0.4) is 0 Å². The summed E-state index contributed by atoms with van der Waals surface area (Å²) < 4.78 is 3.36. The van der Waals surface area contributed by atoms with E-state index in [9.17, 15) is 0 Å². The van der Waals surface area contributed by atoms with Gasteiger partial charge in [0, 0.05) is 13.8 Å². The Morgan fingerprint density at radius 2 is 1.74 bits per heavy atom. The lowest BCUT2D eigenvalue weighted by molar-refractivity contribution is 0.629. The predicted octanol–water partition coefficient (Wildman–Crippen LogP) is 6.04. The average Bonchev–Trinajstić information content (AvgIpc) is 2.64. The van der Waals surface area contributed by atoms with Crippen molar-refractivity contribution < 1.29 is 0 Å². The zero-order valence-corrected chi connectivity index (χ0v) is 16.2. The molecule has 5 heteroatoms. The van der Waals surface area contributed by atoms with Crippen LogP contribution in [0.4, 0.5) is 0 Å². The summed E-state index contributed by atoms with van der Waals surface area (Å²) in [7, 11) is 0. The number of thiophene rings is 1. The fourth-order valence-corrected chi connectivity index (χ4v) is 5.18. The molecule has 0 amide bonds. The minimum absolute atomic E-state index is 0.223. The van der Waals surface area contributed by atoms with Crippen LogP contribution in [0, 0.1) is 6.92 Å². The number of benzene rings is 1. The number of aryl methyl sites for hydroxylation is 1. The van der Waals surface area contributed by atoms with Gasteiger partial charge in [0.15, 0.2) is 0 Å². The molecular weight excluding hydrogens is 454 g/mol. The van der Waals surface area contributed by atoms with E-state index in [1.165, 1.54) is 19.8 Å². The Morgan fingerprint density at radius 1 is 1.11 bits per heavy atom. The van der Waals surface area contributed by atoms with Crippen LogP contribution in [0.25, 0.3) is 0 Å². The zero-order chi connectivity index (χ0) is 14.0. The number of halogens is 3. The van der Waals surface area contributed by atoms with Crippen molar-refractivity contribution in [3.8, 4) is 0 Å². The number of rotatable bonds is 4. The molecule has 0 radical (unpaired) electrons. The maximum Gasteiger partial charge on any atom is 0.0704 e. The first kappa shape index (κ1) is 15.7. The average molecular weight is 468 g/mol. The topological polar surface area (TPSA) is 12.0 Å². The molecule has 2 rings (SSSR count). The third-order valence-corrected chi connectivity index (χ3v) is 5.35. The van der Waals surface area contributed by atoms with Crippen molar-refractivity contribution in [2.45, 2.75) is 19.9 Å². The second-order valence-electron chi connectivity index (χ2n) is 4.26. The van der Waals surface area contributed by atoms with Crippen molar-refractivity contribution in [3.05, 3.63) is 53.0 Å². The molecule has 1 heterocycles. The van der Waals surface area contributed by atoms with Crippen LogP contribution in [0.2, 0.25) is 0 Å². The minimum atomic E-state index is 0.223. The Morgan fingerprint density at radius 3 is 2.21 bits per heavy atom. The van der Waals surface area contributed by atoms with E-state index >= 15 is 0 Å². The van der Waals surface area contributed by atoms with E-state index in [1.54, 1.807) is 11.3 Å². The summed E-state index contributed by atoms with van der Waals surface area (Å²) in [6.07, 6.45) is 0. The highest BCUT2D eigenvalue weighted by molar-refractivity contribution is 9.11. The van der Waals surface area contributed by atoms with Gasteiger partial charge in [0.1, 0.15) is 0 Å². The van der Waals surface area contributed by atoms with Crippen LogP contribution in [-0.4, -0.2) is 6.54 Å². The Bertz CT molecular complexity index is 560. The lowest BCUT2D eigenvalue weighted by Crippen LogP contribution is -2.22. The Balaban J connectivity index is 2.47. The molecule has 1 unspecified atom stereocenters. The first-order valence-electron chi connectivity index (χ1n) is 5.96. The third-order valence-electron chi connectivity index (χ3n) is 2.86. The second-order valence-corrected chi connectivity index (χ2v) is 8.72. The summed E-state index contributed by atoms with van der Waals surface area (Å²) in [4.78, 5) is 1.34. The van der Waals surface area contributed by atoms with Gasteiger partial charge in [-0.05, 0) is 64.8 Å². The molecule has 0 aliphatic heterocycles. The molecule has 1 nitrogen and oxygen atoms in total. The van der Waals surface area contributed by atoms with Crippen molar-refractivity contribution in [1.82, 2.24) is 5.32 Å². The number of hydrogen-bond donors (Lipinski definition) is 1. The van der Waals surface area contributed by atoms with Gasteiger partial charge in [-0.25, -0.2) is 0 Å². The fraction of sp³-hybridized carbons (Fsp3) is 0.286. The molecule has 0 aliphatic rings. The smallest absolute Gasteiger partial charge is 0.0704 e. The van der Waals surface area contributed by atoms with Crippen molar-refractivity contribution in [1.29, 1.82) is 0 Å². The highest BCUT2D eigenvalue weighted by Gasteiger charge is 2.18. The van der Waals surface area contributed by atoms with E-state index in [1.807, 2.05) is 0 Å². The normalized spacial score (nSPS) is 12.7. The molecule has 102 valence electrons. The van der Waals surface area contributed by atoms with Gasteiger partial charge >= 0.3 is 0 Å². The van der Waals surface area contributed by atoms with Gasteiger partial charge in [0.25, 0.3) is 0 Å². The number of hydrogen-bond acceptors (Lipinski definition) is 2. The molecule has 0 saturated heterocycles. The quantitative estimate of drug-likeness (QED) is 0.577. The van der Waals surface area contributed by atoms with E-state index in [2.05, 4.69) is 91.2 Å². The summed E-state index contributed by atoms with van der Waals surface area (Å²) in [5, 5.41) is 3.57. The zero-order valence-electron chi connectivity index (χ0n) is 10.6. The van der Waals surface area contributed by atoms with E-state index in [-0.39, 0.29) is 6.04 Å². The summed E-state index contributed by atoms with van der Waals surface area (Å²) >= 11 is 12.5. The van der Waals surface area contributed by atoms with Crippen LogP contribution >= 0.6 is 59.1 Å². The van der Waals surface area contributed by atoms with Crippen LogP contribution < -0.4 is 5.32 Å². The maximum atomic E-state index is 3.58. The third kappa shape index (κ3) is 3.91. The first-order valence-corrected chi connectivity index (χ1v) is 9.16. The summed E-state index contributed by atoms with van der Waals surface area (Å²) in [6, 6.07) is 8.83. The van der Waals surface area contributed by atoms with Gasteiger partial charge in [-0.3, -0.25) is 0 Å². The Labute approximate surface area is 143 Å². The lowest BCUT2D eigenvalue weighted by atomic mass is 9.99. The first-order chi connectivity index (χ1) is 9.01. The van der Waals surface area contributed by atoms with Crippen molar-refractivity contribution in [2.75, 3.05) is 6.54 Å². The van der Waals surface area contributed by atoms with Gasteiger partial charge < -0.3 is 5.32 Å². The Kier molecular flexibility index (Phi) is 5.66. The van der Waals surface area contributed by atoms with Crippen molar-refractivity contribution in [3.63, 3.8) is 0 Å². The molecule has 1 aromatic heterocycles. The highest BCUT2D eigenvalue weighted by atomic mass is 79.9. The van der Waals surface area contributed by atoms with Gasteiger partial charge in [-0.15, -0.1) is 11.3 Å². The summed E-state index contributed by atoms with van der Waals surface area (Å²) in [6.45, 7) is 5.24. The Hall–Kier alpha value is 0.320. The summed E-state index contributed by atoms with van der Waals surface area (Å²) in [5.41, 5.74) is 2.60. The molecule has 19 heavy (non-hydrogen) atoms. The van der Waals surface area contributed by atoms with Crippen LogP contribution in [0.15, 0.2) is 37.0 Å². The van der Waals surface area contributed by atoms with E-state index in [0.29, 0.717) is 0 Å². The van der Waals surface area contributed by atoms with Gasteiger partial charge in [0.05, 0.1) is 9.83 Å². The van der Waals surface area contributed by atoms with Crippen molar-refractivity contribution in [2.24, 2.45) is 0 Å². The monoisotopic (exact) mass is 465 g/mol. The largest absolute Gasteiger partial charge is 0.306 e. The van der Waals surface area contributed by atoms with Crippen molar-refractivity contribution >= 4 is 59.1 Å². The molecule has 1 N–H and O–H groups in total. The molecule has 0 aliphatic carbocycles. The van der Waals surface area contributed by atoms with Gasteiger partial charge in [-0.1, -0.05) is 38.8 Å². The maximum absolute atomic E-state index is 3.58. The number of nitrogens with one attached hydrogen (secondary N) is 1. The van der Waals surface area contributed by atoms with E-state index in [4.69, 9.17) is 0 Å². The molecular formula is C14H14Br3NS. The van der Waals surface area contributed by atoms with E-state index < -0.39 is 0 Å². The van der Waals surface area contributed by atoms with Crippen LogP contribution in [0.5, 0.6) is 0 Å². The fourth-order valence-electron chi connectivity index (χ4n) is 2.10. The molecule has 1 atom stereocenters. The molecule has 0 bridgehead atoms. The van der Waals surface area contributed by atoms with Crippen LogP contribution in [0.1, 0.15) is 29.0 Å². The molecule has 2 aromatic rings. The molecule has 0 saturated carbocycles. The van der Waals surface area contributed by atoms with E-state index in [0.717, 1.165) is 15.5 Å². The summed E-state index contributed by atoms with van der Waals surface area (Å²) in [5.74, 6) is 0. The van der Waals surface area contributed by atoms with Crippen LogP contribution in [-0.2, 0) is 0 Å².